The van der Waals surface area contributed by atoms with Crippen LogP contribution in [0, 0.1) is 0 Å². The number of aliphatic hydroxyl groups is 1. The van der Waals surface area contributed by atoms with Crippen LogP contribution in [-0.4, -0.2) is 29.3 Å². The number of pyridine rings is 1. The number of anilines is 2. The fourth-order valence-corrected chi connectivity index (χ4v) is 2.35. The molecule has 1 aromatic heterocycles. The lowest BCUT2D eigenvalue weighted by atomic mass is 10.1. The van der Waals surface area contributed by atoms with E-state index in [4.69, 9.17) is 5.73 Å². The van der Waals surface area contributed by atoms with E-state index in [1.54, 1.807) is 6.20 Å². The van der Waals surface area contributed by atoms with Crippen molar-refractivity contribution in [3.05, 3.63) is 16.7 Å². The second kappa shape index (κ2) is 4.37. The number of β-amino-alcohol motifs (C(OH)–C–C–N with tert-alkyl or cyclic N) is 1. The number of piperidine rings is 1. The highest BCUT2D eigenvalue weighted by atomic mass is 79.9. The summed E-state index contributed by atoms with van der Waals surface area (Å²) >= 11 is 3.42. The molecule has 15 heavy (non-hydrogen) atoms. The maximum atomic E-state index is 9.60. The van der Waals surface area contributed by atoms with Gasteiger partial charge in [-0.05, 0) is 34.8 Å². The van der Waals surface area contributed by atoms with Crippen molar-refractivity contribution in [2.75, 3.05) is 23.7 Å². The lowest BCUT2D eigenvalue weighted by Gasteiger charge is -2.32. The van der Waals surface area contributed by atoms with Crippen molar-refractivity contribution in [1.29, 1.82) is 0 Å². The molecule has 0 radical (unpaired) electrons. The third-order valence-corrected chi connectivity index (χ3v) is 3.45. The summed E-state index contributed by atoms with van der Waals surface area (Å²) in [5, 5.41) is 9.60. The number of nitrogens with two attached hydrogens (primary N) is 1. The maximum absolute atomic E-state index is 9.60. The normalized spacial score (nSPS) is 21.7. The summed E-state index contributed by atoms with van der Waals surface area (Å²) in [6, 6.07) is 1.92. The van der Waals surface area contributed by atoms with Gasteiger partial charge in [-0.2, -0.15) is 0 Å². The van der Waals surface area contributed by atoms with E-state index in [0.29, 0.717) is 12.4 Å². The summed E-state index contributed by atoms with van der Waals surface area (Å²) in [4.78, 5) is 6.13. The Balaban J connectivity index is 2.24. The zero-order chi connectivity index (χ0) is 10.8. The van der Waals surface area contributed by atoms with E-state index in [-0.39, 0.29) is 6.10 Å². The molecule has 5 heteroatoms. The molecule has 1 aliphatic heterocycles. The first-order valence-corrected chi connectivity index (χ1v) is 5.81. The Morgan fingerprint density at radius 3 is 3.13 bits per heavy atom. The van der Waals surface area contributed by atoms with Crippen molar-refractivity contribution < 1.29 is 5.11 Å². The molecule has 0 aromatic carbocycles. The van der Waals surface area contributed by atoms with Crippen LogP contribution in [0.3, 0.4) is 0 Å². The van der Waals surface area contributed by atoms with Crippen LogP contribution in [0.2, 0.25) is 0 Å². The van der Waals surface area contributed by atoms with Crippen LogP contribution in [0.5, 0.6) is 0 Å². The van der Waals surface area contributed by atoms with Crippen molar-refractivity contribution in [3.8, 4) is 0 Å². The molecule has 1 fully saturated rings. The van der Waals surface area contributed by atoms with Crippen LogP contribution < -0.4 is 10.6 Å². The number of rotatable bonds is 1. The average molecular weight is 272 g/mol. The molecule has 0 bridgehead atoms. The molecule has 3 N–H and O–H groups in total. The fourth-order valence-electron chi connectivity index (χ4n) is 1.87. The Morgan fingerprint density at radius 1 is 1.60 bits per heavy atom. The van der Waals surface area contributed by atoms with E-state index >= 15 is 0 Å². The Kier molecular flexibility index (Phi) is 3.11. The molecule has 1 aromatic rings. The molecule has 82 valence electrons. The van der Waals surface area contributed by atoms with E-state index in [9.17, 15) is 5.11 Å². The molecule has 0 saturated carbocycles. The Hall–Kier alpha value is -0.810. The second-order valence-electron chi connectivity index (χ2n) is 3.77. The van der Waals surface area contributed by atoms with Gasteiger partial charge in [0.15, 0.2) is 0 Å². The zero-order valence-electron chi connectivity index (χ0n) is 8.36. The quantitative estimate of drug-likeness (QED) is 0.811. The first-order chi connectivity index (χ1) is 7.18. The van der Waals surface area contributed by atoms with Gasteiger partial charge in [0.2, 0.25) is 0 Å². The summed E-state index contributed by atoms with van der Waals surface area (Å²) < 4.78 is 0.819. The lowest BCUT2D eigenvalue weighted by molar-refractivity contribution is 0.154. The van der Waals surface area contributed by atoms with Crippen LogP contribution in [0.4, 0.5) is 11.5 Å². The van der Waals surface area contributed by atoms with Gasteiger partial charge >= 0.3 is 0 Å². The van der Waals surface area contributed by atoms with Gasteiger partial charge in [0, 0.05) is 19.3 Å². The Morgan fingerprint density at radius 2 is 2.40 bits per heavy atom. The predicted molar refractivity (Wildman–Crippen MR) is 63.8 cm³/mol. The molecule has 0 spiro atoms. The van der Waals surface area contributed by atoms with Crippen molar-refractivity contribution in [2.45, 2.75) is 18.9 Å². The van der Waals surface area contributed by atoms with Gasteiger partial charge in [0.25, 0.3) is 0 Å². The van der Waals surface area contributed by atoms with E-state index in [2.05, 4.69) is 25.8 Å². The molecule has 1 atom stereocenters. The number of aromatic nitrogens is 1. The number of hydrogen-bond donors (Lipinski definition) is 2. The molecule has 2 rings (SSSR count). The van der Waals surface area contributed by atoms with Crippen molar-refractivity contribution >= 4 is 27.4 Å². The van der Waals surface area contributed by atoms with Crippen molar-refractivity contribution in [1.82, 2.24) is 4.98 Å². The van der Waals surface area contributed by atoms with Crippen molar-refractivity contribution in [2.24, 2.45) is 0 Å². The molecular formula is C10H14BrN3O. The van der Waals surface area contributed by atoms with E-state index < -0.39 is 0 Å². The molecule has 2 heterocycles. The number of halogens is 1. The van der Waals surface area contributed by atoms with Crippen LogP contribution in [0.1, 0.15) is 12.8 Å². The number of nitrogen functional groups attached to an aromatic ring is 1. The molecule has 1 aliphatic rings. The highest BCUT2D eigenvalue weighted by molar-refractivity contribution is 9.10. The summed E-state index contributed by atoms with van der Waals surface area (Å²) in [6.07, 6.45) is 3.35. The third kappa shape index (κ3) is 2.23. The van der Waals surface area contributed by atoms with Gasteiger partial charge in [-0.25, -0.2) is 4.98 Å². The standard InChI is InChI=1S/C10H14BrN3O/c11-9-8(3-4-13-10(9)12)14-5-1-2-7(15)6-14/h3-4,7,15H,1-2,5-6H2,(H2,12,13). The number of aliphatic hydroxyl groups excluding tert-OH is 1. The average Bonchev–Trinajstić information content (AvgIpc) is 2.22. The smallest absolute Gasteiger partial charge is 0.139 e. The summed E-state index contributed by atoms with van der Waals surface area (Å²) in [5.41, 5.74) is 6.73. The van der Waals surface area contributed by atoms with Gasteiger partial charge in [-0.1, -0.05) is 0 Å². The first-order valence-electron chi connectivity index (χ1n) is 5.01. The van der Waals surface area contributed by atoms with Crippen LogP contribution in [0.15, 0.2) is 16.7 Å². The number of nitrogens with zero attached hydrogens (tertiary/aromatic N) is 2. The van der Waals surface area contributed by atoms with Crippen LogP contribution in [-0.2, 0) is 0 Å². The summed E-state index contributed by atoms with van der Waals surface area (Å²) in [7, 11) is 0. The van der Waals surface area contributed by atoms with Gasteiger partial charge < -0.3 is 15.7 Å². The molecular weight excluding hydrogens is 258 g/mol. The Labute approximate surface area is 97.2 Å². The monoisotopic (exact) mass is 271 g/mol. The molecule has 1 unspecified atom stereocenters. The molecule has 4 nitrogen and oxygen atoms in total. The zero-order valence-corrected chi connectivity index (χ0v) is 9.94. The Bertz CT molecular complexity index is 359. The minimum atomic E-state index is -0.236. The summed E-state index contributed by atoms with van der Waals surface area (Å²) in [6.45, 7) is 1.63. The molecule has 0 aliphatic carbocycles. The fraction of sp³-hybridized carbons (Fsp3) is 0.500. The minimum Gasteiger partial charge on any atom is -0.391 e. The van der Waals surface area contributed by atoms with Gasteiger partial charge in [-0.15, -0.1) is 0 Å². The van der Waals surface area contributed by atoms with E-state index in [1.807, 2.05) is 6.07 Å². The predicted octanol–water partition coefficient (Wildman–Crippen LogP) is 1.39. The van der Waals surface area contributed by atoms with Gasteiger partial charge in [0.1, 0.15) is 5.82 Å². The lowest BCUT2D eigenvalue weighted by Crippen LogP contribution is -2.38. The highest BCUT2D eigenvalue weighted by Crippen LogP contribution is 2.31. The second-order valence-corrected chi connectivity index (χ2v) is 4.56. The highest BCUT2D eigenvalue weighted by Gasteiger charge is 2.20. The molecule has 1 saturated heterocycles. The third-order valence-electron chi connectivity index (χ3n) is 2.63. The summed E-state index contributed by atoms with van der Waals surface area (Å²) in [5.74, 6) is 0.493. The van der Waals surface area contributed by atoms with Gasteiger partial charge in [-0.3, -0.25) is 0 Å². The minimum absolute atomic E-state index is 0.236. The van der Waals surface area contributed by atoms with Crippen molar-refractivity contribution in [3.63, 3.8) is 0 Å². The van der Waals surface area contributed by atoms with Crippen LogP contribution >= 0.6 is 15.9 Å². The largest absolute Gasteiger partial charge is 0.391 e. The van der Waals surface area contributed by atoms with Crippen LogP contribution in [0.25, 0.3) is 0 Å². The van der Waals surface area contributed by atoms with E-state index in [0.717, 1.165) is 29.5 Å². The van der Waals surface area contributed by atoms with E-state index in [1.165, 1.54) is 0 Å². The SMILES string of the molecule is Nc1nccc(N2CCCC(O)C2)c1Br. The topological polar surface area (TPSA) is 62.4 Å². The first kappa shape index (κ1) is 10.7. The number of hydrogen-bond acceptors (Lipinski definition) is 4. The van der Waals surface area contributed by atoms with Gasteiger partial charge in [0.05, 0.1) is 16.3 Å². The molecule has 0 amide bonds. The maximum Gasteiger partial charge on any atom is 0.139 e.